The molecule has 0 atom stereocenters. The number of hydrogen-bond acceptors (Lipinski definition) is 5. The van der Waals surface area contributed by atoms with Gasteiger partial charge in [0, 0.05) is 12.3 Å². The van der Waals surface area contributed by atoms with Gasteiger partial charge in [0.1, 0.15) is 21.7 Å². The normalized spacial score (nSPS) is 9.94. The van der Waals surface area contributed by atoms with Gasteiger partial charge in [-0.1, -0.05) is 13.8 Å². The van der Waals surface area contributed by atoms with E-state index in [1.165, 1.54) is 18.8 Å². The molecule has 0 aliphatic carbocycles. The van der Waals surface area contributed by atoms with E-state index < -0.39 is 0 Å². The summed E-state index contributed by atoms with van der Waals surface area (Å²) in [7, 11) is 1.52. The second-order valence-electron chi connectivity index (χ2n) is 3.17. The highest BCUT2D eigenvalue weighted by molar-refractivity contribution is 7.99. The zero-order valence-electron chi connectivity index (χ0n) is 9.20. The van der Waals surface area contributed by atoms with Crippen molar-refractivity contribution in [3.8, 4) is 6.07 Å². The Morgan fingerprint density at radius 2 is 2.31 bits per heavy atom. The molecule has 1 rings (SSSR count). The van der Waals surface area contributed by atoms with Gasteiger partial charge in [0.25, 0.3) is 0 Å². The van der Waals surface area contributed by atoms with Crippen LogP contribution in [0.1, 0.15) is 19.4 Å². The Morgan fingerprint density at radius 1 is 1.62 bits per heavy atom. The molecule has 0 aromatic carbocycles. The third kappa shape index (κ3) is 3.12. The summed E-state index contributed by atoms with van der Waals surface area (Å²) in [4.78, 5) is 11.1. The Labute approximate surface area is 102 Å². The van der Waals surface area contributed by atoms with Crippen LogP contribution in [0.4, 0.5) is 9.80 Å². The number of amides is 2. The summed E-state index contributed by atoms with van der Waals surface area (Å²) >= 11 is 2.63. The lowest BCUT2D eigenvalue weighted by atomic mass is 10.4. The third-order valence-electron chi connectivity index (χ3n) is 1.57. The van der Waals surface area contributed by atoms with E-state index in [0.717, 1.165) is 11.5 Å². The van der Waals surface area contributed by atoms with Crippen molar-refractivity contribution >= 4 is 34.3 Å². The molecule has 0 bridgehead atoms. The van der Waals surface area contributed by atoms with Crippen molar-refractivity contribution in [1.82, 2.24) is 9.69 Å². The second-order valence-corrected chi connectivity index (χ2v) is 5.51. The molecule has 2 amide bonds. The molecule has 0 saturated heterocycles. The quantitative estimate of drug-likeness (QED) is 0.813. The summed E-state index contributed by atoms with van der Waals surface area (Å²) in [5.41, 5.74) is 0.437. The topological polar surface area (TPSA) is 77.8 Å². The lowest BCUT2D eigenvalue weighted by molar-refractivity contribution is 0.254. The number of carbonyl (C=O) groups is 1. The van der Waals surface area contributed by atoms with Gasteiger partial charge in [-0.25, -0.2) is 4.79 Å². The van der Waals surface area contributed by atoms with Crippen molar-refractivity contribution in [3.63, 3.8) is 0 Å². The van der Waals surface area contributed by atoms with E-state index in [9.17, 15) is 4.79 Å². The van der Waals surface area contributed by atoms with Crippen molar-refractivity contribution in [2.75, 3.05) is 12.4 Å². The Kier molecular flexibility index (Phi) is 4.58. The minimum Gasteiger partial charge on any atom is -0.341 e. The number of nitriles is 1. The van der Waals surface area contributed by atoms with E-state index in [1.807, 2.05) is 13.8 Å². The Hall–Kier alpha value is -1.26. The van der Waals surface area contributed by atoms with Gasteiger partial charge in [-0.15, -0.1) is 11.8 Å². The Morgan fingerprint density at radius 3 is 2.81 bits per heavy atom. The van der Waals surface area contributed by atoms with Crippen molar-refractivity contribution < 1.29 is 4.79 Å². The maximum absolute atomic E-state index is 11.1. The van der Waals surface area contributed by atoms with E-state index in [2.05, 4.69) is 21.1 Å². The molecular formula is C9H12N4OS2. The van der Waals surface area contributed by atoms with Crippen LogP contribution in [-0.4, -0.2) is 22.7 Å². The van der Waals surface area contributed by atoms with E-state index >= 15 is 0 Å². The van der Waals surface area contributed by atoms with Gasteiger partial charge in [0.05, 0.1) is 0 Å². The summed E-state index contributed by atoms with van der Waals surface area (Å²) in [5.74, 6) is 0. The lowest BCUT2D eigenvalue weighted by Crippen LogP contribution is -2.24. The van der Waals surface area contributed by atoms with E-state index in [0.29, 0.717) is 20.8 Å². The van der Waals surface area contributed by atoms with Gasteiger partial charge in [-0.05, 0) is 11.5 Å². The van der Waals surface area contributed by atoms with E-state index in [4.69, 9.17) is 5.26 Å². The minimum atomic E-state index is -0.346. The van der Waals surface area contributed by atoms with Gasteiger partial charge in [-0.2, -0.15) is 9.64 Å². The summed E-state index contributed by atoms with van der Waals surface area (Å²) in [5, 5.41) is 15.5. The van der Waals surface area contributed by atoms with Crippen LogP contribution in [0.5, 0.6) is 0 Å². The Balaban J connectivity index is 2.91. The highest BCUT2D eigenvalue weighted by atomic mass is 32.2. The molecule has 16 heavy (non-hydrogen) atoms. The molecule has 0 spiro atoms. The third-order valence-corrected chi connectivity index (χ3v) is 3.44. The molecule has 2 N–H and O–H groups in total. The predicted octanol–water partition coefficient (Wildman–Crippen LogP) is 2.27. The minimum absolute atomic E-state index is 0.346. The number of carbonyl (C=O) groups excluding carboxylic acids is 1. The second kappa shape index (κ2) is 5.72. The van der Waals surface area contributed by atoms with Crippen LogP contribution < -0.4 is 10.6 Å². The maximum atomic E-state index is 11.1. The number of anilines is 1. The fourth-order valence-corrected chi connectivity index (χ4v) is 2.63. The summed E-state index contributed by atoms with van der Waals surface area (Å²) < 4.78 is 4.15. The van der Waals surface area contributed by atoms with Crippen molar-refractivity contribution in [3.05, 3.63) is 5.56 Å². The molecule has 0 saturated carbocycles. The van der Waals surface area contributed by atoms with Gasteiger partial charge < -0.3 is 5.32 Å². The van der Waals surface area contributed by atoms with Crippen LogP contribution in [0, 0.1) is 11.3 Å². The number of aromatic nitrogens is 1. The molecule has 5 nitrogen and oxygen atoms in total. The van der Waals surface area contributed by atoms with Crippen LogP contribution in [0.2, 0.25) is 0 Å². The van der Waals surface area contributed by atoms with Gasteiger partial charge in [-0.3, -0.25) is 5.32 Å². The van der Waals surface area contributed by atoms with Crippen LogP contribution >= 0.6 is 23.3 Å². The Bertz CT molecular complexity index is 422. The average Bonchev–Trinajstić information content (AvgIpc) is 2.59. The van der Waals surface area contributed by atoms with Crippen molar-refractivity contribution in [1.29, 1.82) is 5.26 Å². The molecule has 0 aliphatic rings. The van der Waals surface area contributed by atoms with Crippen LogP contribution in [0.3, 0.4) is 0 Å². The molecule has 1 aromatic heterocycles. The zero-order chi connectivity index (χ0) is 12.1. The van der Waals surface area contributed by atoms with Gasteiger partial charge >= 0.3 is 6.03 Å². The maximum Gasteiger partial charge on any atom is 0.319 e. The zero-order valence-corrected chi connectivity index (χ0v) is 10.8. The first-order chi connectivity index (χ1) is 7.58. The summed E-state index contributed by atoms with van der Waals surface area (Å²) in [6.45, 7) is 4.05. The molecule has 7 heteroatoms. The summed E-state index contributed by atoms with van der Waals surface area (Å²) in [6.07, 6.45) is 0. The molecule has 1 aromatic rings. The standard InChI is InChI=1S/C9H12N4OS2/c1-5(2)15-8-6(4-10)7(16-13-8)12-9(14)11-3/h5H,1-3H3,(H2,11,12,14). The first-order valence-electron chi connectivity index (χ1n) is 4.63. The molecule has 0 fully saturated rings. The molecule has 0 unspecified atom stereocenters. The van der Waals surface area contributed by atoms with E-state index in [1.54, 1.807) is 0 Å². The number of nitrogens with one attached hydrogen (secondary N) is 2. The largest absolute Gasteiger partial charge is 0.341 e. The van der Waals surface area contributed by atoms with Gasteiger partial charge in [0.15, 0.2) is 0 Å². The number of rotatable bonds is 3. The fourth-order valence-electron chi connectivity index (χ4n) is 0.929. The number of thioether (sulfide) groups is 1. The smallest absolute Gasteiger partial charge is 0.319 e. The first-order valence-corrected chi connectivity index (χ1v) is 6.29. The predicted molar refractivity (Wildman–Crippen MR) is 65.9 cm³/mol. The highest BCUT2D eigenvalue weighted by Gasteiger charge is 2.16. The highest BCUT2D eigenvalue weighted by Crippen LogP contribution is 2.33. The molecule has 1 heterocycles. The van der Waals surface area contributed by atoms with Crippen LogP contribution in [-0.2, 0) is 0 Å². The SMILES string of the molecule is CNC(=O)Nc1snc(SC(C)C)c1C#N. The number of urea groups is 1. The van der Waals surface area contributed by atoms with Crippen LogP contribution in [0.25, 0.3) is 0 Å². The van der Waals surface area contributed by atoms with Gasteiger partial charge in [0.2, 0.25) is 0 Å². The lowest BCUT2D eigenvalue weighted by Gasteiger charge is -2.02. The molecule has 86 valence electrons. The first kappa shape index (κ1) is 12.8. The fraction of sp³-hybridized carbons (Fsp3) is 0.444. The molecule has 0 aliphatic heterocycles. The van der Waals surface area contributed by atoms with Crippen LogP contribution in [0.15, 0.2) is 5.03 Å². The van der Waals surface area contributed by atoms with Crippen molar-refractivity contribution in [2.45, 2.75) is 24.1 Å². The monoisotopic (exact) mass is 256 g/mol. The number of hydrogen-bond donors (Lipinski definition) is 2. The molecular weight excluding hydrogens is 244 g/mol. The average molecular weight is 256 g/mol. The van der Waals surface area contributed by atoms with Crippen molar-refractivity contribution in [2.24, 2.45) is 0 Å². The number of nitrogens with zero attached hydrogens (tertiary/aromatic N) is 2. The molecule has 0 radical (unpaired) electrons. The van der Waals surface area contributed by atoms with E-state index in [-0.39, 0.29) is 6.03 Å². The summed E-state index contributed by atoms with van der Waals surface area (Å²) in [6, 6.07) is 1.72.